The number of nitrogens with one attached hydrogen (secondary N) is 2. The van der Waals surface area contributed by atoms with Crippen molar-refractivity contribution in [3.63, 3.8) is 0 Å². The number of nitrogens with two attached hydrogens (primary N) is 1. The van der Waals surface area contributed by atoms with Crippen molar-refractivity contribution < 1.29 is 14.9 Å². The molecule has 4 atom stereocenters. The van der Waals surface area contributed by atoms with Gasteiger partial charge in [-0.05, 0) is 125 Å². The Balaban J connectivity index is 0.920. The summed E-state index contributed by atoms with van der Waals surface area (Å²) in [7, 11) is 0. The van der Waals surface area contributed by atoms with Crippen LogP contribution in [0.1, 0.15) is 97.2 Å². The van der Waals surface area contributed by atoms with Crippen molar-refractivity contribution in [2.75, 3.05) is 45.9 Å². The fourth-order valence-corrected chi connectivity index (χ4v) is 13.8. The number of allylic oxidation sites excluding steroid dienone is 3. The Hall–Kier alpha value is -4.50. The minimum atomic E-state index is -0.811. The van der Waals surface area contributed by atoms with Crippen molar-refractivity contribution in [3.8, 4) is 0 Å². The van der Waals surface area contributed by atoms with Gasteiger partial charge in [-0.3, -0.25) is 19.9 Å². The van der Waals surface area contributed by atoms with Gasteiger partial charge in [0, 0.05) is 74.3 Å². The van der Waals surface area contributed by atoms with Crippen LogP contribution in [0.5, 0.6) is 0 Å². The first-order valence-corrected chi connectivity index (χ1v) is 23.1. The molecule has 3 aromatic rings. The van der Waals surface area contributed by atoms with Crippen LogP contribution in [0.2, 0.25) is 0 Å². The maximum atomic E-state index is 10.7. The second-order valence-corrected chi connectivity index (χ2v) is 21.1. The molecule has 14 heteroatoms. The van der Waals surface area contributed by atoms with Gasteiger partial charge in [-0.2, -0.15) is 5.10 Å². The van der Waals surface area contributed by atoms with E-state index in [1.807, 2.05) is 54.4 Å². The van der Waals surface area contributed by atoms with Gasteiger partial charge in [-0.25, -0.2) is 9.98 Å². The highest BCUT2D eigenvalue weighted by Crippen LogP contribution is 2.72. The Morgan fingerprint density at radius 3 is 2.46 bits per heavy atom. The first-order valence-electron chi connectivity index (χ1n) is 22.3. The zero-order chi connectivity index (χ0) is 42.9. The van der Waals surface area contributed by atoms with Gasteiger partial charge >= 0.3 is 0 Å². The molecule has 10 rings (SSSR count). The molecule has 4 bridgehead atoms. The lowest BCUT2D eigenvalue weighted by atomic mass is 9.39. The second-order valence-electron chi connectivity index (χ2n) is 20.1. The number of rotatable bonds is 11. The molecule has 0 amide bonds. The number of amidine groups is 2. The van der Waals surface area contributed by atoms with E-state index in [-0.39, 0.29) is 27.5 Å². The summed E-state index contributed by atoms with van der Waals surface area (Å²) in [6, 6.07) is 8.50. The molecule has 61 heavy (non-hydrogen) atoms. The van der Waals surface area contributed by atoms with Gasteiger partial charge in [0.15, 0.2) is 0 Å². The summed E-state index contributed by atoms with van der Waals surface area (Å²) in [6.07, 6.45) is 14.1. The van der Waals surface area contributed by atoms with Crippen LogP contribution in [0.25, 0.3) is 15.8 Å². The smallest absolute Gasteiger partial charge is 0.299 e. The Labute approximate surface area is 364 Å². The van der Waals surface area contributed by atoms with Gasteiger partial charge in [0.25, 0.3) is 5.95 Å². The monoisotopic (exact) mass is 848 g/mol. The third-order valence-electron chi connectivity index (χ3n) is 14.6. The summed E-state index contributed by atoms with van der Waals surface area (Å²) >= 11 is 1.48. The molecular weight excluding hydrogens is 785 g/mol. The molecule has 2 aromatic heterocycles. The van der Waals surface area contributed by atoms with Gasteiger partial charge in [0.2, 0.25) is 5.13 Å². The van der Waals surface area contributed by atoms with Crippen molar-refractivity contribution in [1.82, 2.24) is 34.8 Å². The number of para-hydroxylation sites is 1. The normalized spacial score (nSPS) is 30.6. The van der Waals surface area contributed by atoms with Crippen molar-refractivity contribution in [2.24, 2.45) is 27.0 Å². The highest BCUT2D eigenvalue weighted by atomic mass is 32.1. The number of piperazine rings is 1. The number of piperidine rings is 1. The van der Waals surface area contributed by atoms with Crippen LogP contribution in [0.15, 0.2) is 76.2 Å². The number of aromatic nitrogens is 3. The number of hydrogen-bond donors (Lipinski definition) is 5. The van der Waals surface area contributed by atoms with E-state index >= 15 is 0 Å². The largest absolute Gasteiger partial charge is 0.480 e. The zero-order valence-corrected chi connectivity index (χ0v) is 37.7. The fraction of sp³-hybridized carbons (Fsp3) is 0.574. The van der Waals surface area contributed by atoms with Crippen molar-refractivity contribution in [2.45, 2.75) is 111 Å². The molecule has 4 saturated carbocycles. The number of fused-ring (bicyclic) bond motifs is 1. The van der Waals surface area contributed by atoms with E-state index in [1.54, 1.807) is 0 Å². The van der Waals surface area contributed by atoms with Crippen LogP contribution < -0.4 is 11.1 Å². The van der Waals surface area contributed by atoms with E-state index in [0.717, 1.165) is 104 Å². The fourth-order valence-electron chi connectivity index (χ4n) is 12.9. The number of nitrogens with zero attached hydrogens (tertiary/aromatic N) is 7. The Morgan fingerprint density at radius 1 is 1.02 bits per heavy atom. The minimum Gasteiger partial charge on any atom is -0.480 e. The van der Waals surface area contributed by atoms with Crippen LogP contribution in [0.4, 0.5) is 5.13 Å². The van der Waals surface area contributed by atoms with Crippen LogP contribution >= 0.6 is 11.3 Å². The van der Waals surface area contributed by atoms with E-state index in [9.17, 15) is 15.6 Å². The Kier molecular flexibility index (Phi) is 10.8. The van der Waals surface area contributed by atoms with Crippen molar-refractivity contribution >= 4 is 43.9 Å². The van der Waals surface area contributed by atoms with Gasteiger partial charge < -0.3 is 30.9 Å². The Morgan fingerprint density at radius 2 is 1.75 bits per heavy atom. The van der Waals surface area contributed by atoms with Crippen LogP contribution in [-0.4, -0.2) is 109 Å². The van der Waals surface area contributed by atoms with Gasteiger partial charge in [0.05, 0.1) is 28.6 Å². The third kappa shape index (κ3) is 8.05. The van der Waals surface area contributed by atoms with E-state index in [0.29, 0.717) is 47.2 Å². The summed E-state index contributed by atoms with van der Waals surface area (Å²) < 4.78 is 10.3. The average molecular weight is 849 g/mol. The summed E-state index contributed by atoms with van der Waals surface area (Å²) in [6.45, 7) is 21.2. The highest BCUT2D eigenvalue weighted by Gasteiger charge is 2.66. The maximum absolute atomic E-state index is 10.7. The van der Waals surface area contributed by atoms with Crippen LogP contribution in [-0.2, 0) is 11.3 Å². The van der Waals surface area contributed by atoms with E-state index in [2.05, 4.69) is 64.4 Å². The molecule has 0 radical (unpaired) electrons. The number of thiazole rings is 1. The van der Waals surface area contributed by atoms with E-state index in [1.165, 1.54) is 30.6 Å². The first-order chi connectivity index (χ1) is 29.1. The molecule has 7 aliphatic rings. The predicted octanol–water partition coefficient (Wildman–Crippen LogP) is 8.15. The summed E-state index contributed by atoms with van der Waals surface area (Å²) in [4.78, 5) is 16.3. The van der Waals surface area contributed by atoms with Gasteiger partial charge in [0.1, 0.15) is 23.2 Å². The second kappa shape index (κ2) is 15.7. The lowest BCUT2D eigenvalue weighted by Gasteiger charge is -2.69. The van der Waals surface area contributed by atoms with Gasteiger partial charge in [-0.15, -0.1) is 0 Å². The predicted molar refractivity (Wildman–Crippen MR) is 244 cm³/mol. The SMILES string of the molecule is CC(/C(N)=N/c1nc2ccccc2s1)=C1\CCCN(C2=CC=C(c3cnn(CC45CC6(OCCN7CCN(C(C)C)CC7)C[C@](C)(C4)C[C@](C)(C5)C6)c3C)C(=C(O)O)N2)C1=N. The van der Waals surface area contributed by atoms with Gasteiger partial charge in [-0.1, -0.05) is 37.3 Å². The Bertz CT molecular complexity index is 2320. The van der Waals surface area contributed by atoms with Crippen molar-refractivity contribution in [3.05, 3.63) is 82.5 Å². The van der Waals surface area contributed by atoms with Crippen molar-refractivity contribution in [1.29, 1.82) is 5.41 Å². The molecule has 2 saturated heterocycles. The zero-order valence-electron chi connectivity index (χ0n) is 36.9. The molecule has 4 aliphatic carbocycles. The quantitative estimate of drug-likeness (QED) is 0.0723. The third-order valence-corrected chi connectivity index (χ3v) is 15.6. The number of likely N-dealkylation sites (tertiary alicyclic amines) is 1. The number of ether oxygens (including phenoxy) is 1. The summed E-state index contributed by atoms with van der Waals surface area (Å²) in [5.74, 6) is 0.404. The number of hydrogen-bond acceptors (Lipinski definition) is 11. The molecule has 1 aromatic carbocycles. The molecule has 13 nitrogen and oxygen atoms in total. The summed E-state index contributed by atoms with van der Waals surface area (Å²) in [5, 5.41) is 39.6. The number of benzene rings is 1. The molecular formula is C47H64N10O3S. The molecule has 2 unspecified atom stereocenters. The number of aliphatic hydroxyl groups is 2. The van der Waals surface area contributed by atoms with Crippen LogP contribution in [0, 0.1) is 28.6 Å². The summed E-state index contributed by atoms with van der Waals surface area (Å²) in [5.41, 5.74) is 12.0. The number of aliphatic hydroxyl groups excluding tert-OH is 1. The highest BCUT2D eigenvalue weighted by molar-refractivity contribution is 7.22. The minimum absolute atomic E-state index is 0.0692. The molecule has 3 aliphatic heterocycles. The lowest BCUT2D eigenvalue weighted by Crippen LogP contribution is -2.64. The molecule has 6 N–H and O–H groups in total. The maximum Gasteiger partial charge on any atom is 0.299 e. The standard InChI is InChI=1S/C47H64N10O3S/c1-30(2)55-18-16-54(17-19-55)20-21-60-47-26-44(5)23-45(6,27-47)25-46(24-44,28-47)29-57-32(4)35(22-50-57)34-13-14-38(52-39(34)42(58)59)56-15-9-10-33(41(56)49)31(3)40(48)53-43-51-36-11-7-8-12-37(36)61-43/h7-8,11-14,22,30,49,52,58-59H,9-10,15-21,23-29H2,1-6H3,(H2,48,51,53)/b33-31-,49-41?/t44-,45+,46?,47?. The van der Waals surface area contributed by atoms with E-state index in [4.69, 9.17) is 15.6 Å². The molecule has 5 heterocycles. The van der Waals surface area contributed by atoms with Crippen LogP contribution in [0.3, 0.4) is 0 Å². The lowest BCUT2D eigenvalue weighted by molar-refractivity contribution is -0.249. The molecule has 0 spiro atoms. The first kappa shape index (κ1) is 41.8. The number of dihydropyridines is 1. The average Bonchev–Trinajstić information content (AvgIpc) is 3.77. The molecule has 6 fully saturated rings. The molecule has 326 valence electrons. The topological polar surface area (TPSA) is 164 Å². The van der Waals surface area contributed by atoms with E-state index < -0.39 is 5.95 Å². The number of aliphatic imine (C=N–C) groups is 1.